The maximum absolute atomic E-state index is 6.55. The fourth-order valence-corrected chi connectivity index (χ4v) is 3.83. The summed E-state index contributed by atoms with van der Waals surface area (Å²) in [5.41, 5.74) is 5.04. The van der Waals surface area contributed by atoms with Crippen LogP contribution in [0.1, 0.15) is 27.6 Å². The molecule has 0 radical (unpaired) electrons. The third-order valence-electron chi connectivity index (χ3n) is 3.29. The Morgan fingerprint density at radius 1 is 1.00 bits per heavy atom. The summed E-state index contributed by atoms with van der Waals surface area (Å²) < 4.78 is 2.10. The number of hydrogen-bond donors (Lipinski definition) is 0. The molecule has 0 saturated carbocycles. The minimum Gasteiger partial charge on any atom is -0.117 e. The maximum Gasteiger partial charge on any atom is 0.0636 e. The molecule has 0 aliphatic rings. The highest BCUT2D eigenvalue weighted by Gasteiger charge is 2.13. The van der Waals surface area contributed by atoms with E-state index in [4.69, 9.17) is 11.6 Å². The molecule has 0 heterocycles. The van der Waals surface area contributed by atoms with Gasteiger partial charge in [-0.05, 0) is 54.7 Å². The van der Waals surface area contributed by atoms with Crippen LogP contribution in [-0.2, 0) is 6.42 Å². The van der Waals surface area contributed by atoms with Crippen LogP contribution in [0.25, 0.3) is 0 Å². The minimum absolute atomic E-state index is 0.0235. The van der Waals surface area contributed by atoms with Gasteiger partial charge in [0.15, 0.2) is 0 Å². The number of aryl methyl sites for hydroxylation is 2. The Morgan fingerprint density at radius 2 is 1.74 bits per heavy atom. The summed E-state index contributed by atoms with van der Waals surface area (Å²) in [4.78, 5) is 0. The van der Waals surface area contributed by atoms with Gasteiger partial charge in [-0.3, -0.25) is 0 Å². The summed E-state index contributed by atoms with van der Waals surface area (Å²) in [6.45, 7) is 4.26. The average Bonchev–Trinajstić information content (AvgIpc) is 2.33. The highest BCUT2D eigenvalue weighted by atomic mass is 79.9. The molecule has 0 amide bonds. The van der Waals surface area contributed by atoms with Gasteiger partial charge in [0.1, 0.15) is 0 Å². The zero-order chi connectivity index (χ0) is 14.0. The second-order valence-corrected chi connectivity index (χ2v) is 7.05. The van der Waals surface area contributed by atoms with Gasteiger partial charge in [0.2, 0.25) is 0 Å². The van der Waals surface area contributed by atoms with Crippen molar-refractivity contribution in [2.24, 2.45) is 0 Å². The molecule has 0 fully saturated rings. The smallest absolute Gasteiger partial charge is 0.0636 e. The first-order chi connectivity index (χ1) is 8.97. The Balaban J connectivity index is 2.20. The van der Waals surface area contributed by atoms with Gasteiger partial charge in [-0.25, -0.2) is 0 Å². The molecule has 0 N–H and O–H groups in total. The minimum atomic E-state index is -0.0235. The van der Waals surface area contributed by atoms with E-state index < -0.39 is 0 Å². The molecule has 19 heavy (non-hydrogen) atoms. The Kier molecular flexibility index (Phi) is 5.10. The SMILES string of the molecule is Cc1ccc(CC(Cl)c2ccc(Br)cc2Br)cc1C. The standard InChI is InChI=1S/C16H15Br2Cl/c1-10-3-4-12(7-11(10)2)8-16(19)14-6-5-13(17)9-15(14)18/h3-7,9,16H,8H2,1-2H3. The van der Waals surface area contributed by atoms with E-state index in [1.165, 1.54) is 16.7 Å². The Morgan fingerprint density at radius 3 is 2.37 bits per heavy atom. The number of rotatable bonds is 3. The third-order valence-corrected chi connectivity index (χ3v) is 4.86. The summed E-state index contributed by atoms with van der Waals surface area (Å²) in [5.74, 6) is 0. The summed E-state index contributed by atoms with van der Waals surface area (Å²) >= 11 is 13.6. The number of benzene rings is 2. The first-order valence-corrected chi connectivity index (χ1v) is 8.15. The van der Waals surface area contributed by atoms with Crippen molar-refractivity contribution in [3.63, 3.8) is 0 Å². The van der Waals surface area contributed by atoms with Crippen LogP contribution in [-0.4, -0.2) is 0 Å². The normalized spacial score (nSPS) is 12.5. The lowest BCUT2D eigenvalue weighted by Crippen LogP contribution is -1.98. The van der Waals surface area contributed by atoms with Crippen LogP contribution in [0.2, 0.25) is 0 Å². The molecule has 0 aliphatic carbocycles. The summed E-state index contributed by atoms with van der Waals surface area (Å²) in [6.07, 6.45) is 0.836. The van der Waals surface area contributed by atoms with Gasteiger partial charge in [0.05, 0.1) is 5.38 Å². The maximum atomic E-state index is 6.55. The molecule has 0 aliphatic heterocycles. The lowest BCUT2D eigenvalue weighted by molar-refractivity contribution is 0.911. The second-order valence-electron chi connectivity index (χ2n) is 4.76. The highest BCUT2D eigenvalue weighted by molar-refractivity contribution is 9.11. The molecule has 2 aromatic rings. The van der Waals surface area contributed by atoms with Gasteiger partial charge < -0.3 is 0 Å². The molecular weight excluding hydrogens is 387 g/mol. The molecule has 0 bridgehead atoms. The van der Waals surface area contributed by atoms with Gasteiger partial charge >= 0.3 is 0 Å². The molecule has 1 atom stereocenters. The van der Waals surface area contributed by atoms with Crippen molar-refractivity contribution in [1.29, 1.82) is 0 Å². The lowest BCUT2D eigenvalue weighted by Gasteiger charge is -2.13. The molecule has 0 nitrogen and oxygen atoms in total. The van der Waals surface area contributed by atoms with Crippen molar-refractivity contribution in [1.82, 2.24) is 0 Å². The molecule has 100 valence electrons. The van der Waals surface area contributed by atoms with E-state index in [0.29, 0.717) is 0 Å². The first kappa shape index (κ1) is 15.1. The van der Waals surface area contributed by atoms with E-state index >= 15 is 0 Å². The topological polar surface area (TPSA) is 0 Å². The highest BCUT2D eigenvalue weighted by Crippen LogP contribution is 2.33. The molecule has 0 aromatic heterocycles. The van der Waals surface area contributed by atoms with E-state index in [9.17, 15) is 0 Å². The van der Waals surface area contributed by atoms with E-state index in [0.717, 1.165) is 20.9 Å². The molecule has 1 unspecified atom stereocenters. The Labute approximate surface area is 136 Å². The van der Waals surface area contributed by atoms with Gasteiger partial charge in [-0.1, -0.05) is 56.1 Å². The van der Waals surface area contributed by atoms with Crippen molar-refractivity contribution < 1.29 is 0 Å². The van der Waals surface area contributed by atoms with Crippen molar-refractivity contribution >= 4 is 43.5 Å². The molecular formula is C16H15Br2Cl. The average molecular weight is 403 g/mol. The predicted octanol–water partition coefficient (Wildman–Crippen LogP) is 6.35. The van der Waals surface area contributed by atoms with Crippen LogP contribution in [0.5, 0.6) is 0 Å². The van der Waals surface area contributed by atoms with Crippen LogP contribution < -0.4 is 0 Å². The van der Waals surface area contributed by atoms with Gasteiger partial charge in [0, 0.05) is 8.95 Å². The number of alkyl halides is 1. The van der Waals surface area contributed by atoms with Crippen LogP contribution in [0, 0.1) is 13.8 Å². The van der Waals surface area contributed by atoms with Crippen molar-refractivity contribution in [2.75, 3.05) is 0 Å². The van der Waals surface area contributed by atoms with Gasteiger partial charge in [0.25, 0.3) is 0 Å². The zero-order valence-electron chi connectivity index (χ0n) is 10.9. The van der Waals surface area contributed by atoms with E-state index in [1.54, 1.807) is 0 Å². The van der Waals surface area contributed by atoms with E-state index in [1.807, 2.05) is 12.1 Å². The lowest BCUT2D eigenvalue weighted by atomic mass is 10.0. The monoisotopic (exact) mass is 400 g/mol. The van der Waals surface area contributed by atoms with Gasteiger partial charge in [-0.15, -0.1) is 11.6 Å². The largest absolute Gasteiger partial charge is 0.117 e. The van der Waals surface area contributed by atoms with Crippen LogP contribution in [0.15, 0.2) is 45.3 Å². The van der Waals surface area contributed by atoms with Gasteiger partial charge in [-0.2, -0.15) is 0 Å². The molecule has 0 spiro atoms. The molecule has 0 saturated heterocycles. The molecule has 3 heteroatoms. The van der Waals surface area contributed by atoms with Crippen molar-refractivity contribution in [2.45, 2.75) is 25.6 Å². The van der Waals surface area contributed by atoms with E-state index in [-0.39, 0.29) is 5.38 Å². The summed E-state index contributed by atoms with van der Waals surface area (Å²) in [6, 6.07) is 12.7. The predicted molar refractivity (Wildman–Crippen MR) is 90.1 cm³/mol. The third kappa shape index (κ3) is 3.84. The summed E-state index contributed by atoms with van der Waals surface area (Å²) in [7, 11) is 0. The van der Waals surface area contributed by atoms with Crippen LogP contribution in [0.3, 0.4) is 0 Å². The fourth-order valence-electron chi connectivity index (χ4n) is 2.00. The van der Waals surface area contributed by atoms with Crippen LogP contribution >= 0.6 is 43.5 Å². The van der Waals surface area contributed by atoms with Crippen molar-refractivity contribution in [3.05, 3.63) is 67.6 Å². The molecule has 2 aromatic carbocycles. The molecule has 2 rings (SSSR count). The number of halogens is 3. The fraction of sp³-hybridized carbons (Fsp3) is 0.250. The second kappa shape index (κ2) is 6.43. The summed E-state index contributed by atoms with van der Waals surface area (Å²) in [5, 5.41) is -0.0235. The Bertz CT molecular complexity index is 593. The first-order valence-electron chi connectivity index (χ1n) is 6.12. The Hall–Kier alpha value is -0.310. The zero-order valence-corrected chi connectivity index (χ0v) is 14.8. The quantitative estimate of drug-likeness (QED) is 0.525. The van der Waals surface area contributed by atoms with Crippen LogP contribution in [0.4, 0.5) is 0 Å². The number of hydrogen-bond acceptors (Lipinski definition) is 0. The van der Waals surface area contributed by atoms with Crippen molar-refractivity contribution in [3.8, 4) is 0 Å². The van der Waals surface area contributed by atoms with E-state index in [2.05, 4.69) is 70.0 Å².